The van der Waals surface area contributed by atoms with Crippen LogP contribution in [0.25, 0.3) is 0 Å². The van der Waals surface area contributed by atoms with Gasteiger partial charge >= 0.3 is 0 Å². The maximum atomic E-state index is 11.7. The summed E-state index contributed by atoms with van der Waals surface area (Å²) in [6.45, 7) is 1.53. The van der Waals surface area contributed by atoms with E-state index in [4.69, 9.17) is 9.47 Å². The second-order valence-corrected chi connectivity index (χ2v) is 6.01. The average Bonchev–Trinajstić information content (AvgIpc) is 2.71. The van der Waals surface area contributed by atoms with E-state index in [9.17, 15) is 9.59 Å². The quantitative estimate of drug-likeness (QED) is 0.270. The molecule has 0 radical (unpaired) electrons. The molecule has 7 heteroatoms. The second-order valence-electron chi connectivity index (χ2n) is 6.01. The molecular weight excluding hydrogens is 358 g/mol. The smallest absolute Gasteiger partial charge is 0.249 e. The molecule has 2 amide bonds. The monoisotopic (exact) mass is 383 g/mol. The fourth-order valence-electron chi connectivity index (χ4n) is 2.26. The van der Waals surface area contributed by atoms with Crippen LogP contribution >= 0.6 is 0 Å². The Morgan fingerprint density at radius 3 is 2.50 bits per heavy atom. The summed E-state index contributed by atoms with van der Waals surface area (Å²) >= 11 is 0. The minimum absolute atomic E-state index is 0.267. The Labute approximate surface area is 164 Å². The van der Waals surface area contributed by atoms with Gasteiger partial charge in [-0.1, -0.05) is 30.3 Å². The van der Waals surface area contributed by atoms with Crippen molar-refractivity contribution in [3.63, 3.8) is 0 Å². The molecule has 0 unspecified atom stereocenters. The molecule has 0 heterocycles. The van der Waals surface area contributed by atoms with Gasteiger partial charge in [0, 0.05) is 20.3 Å². The number of carbonyl (C=O) groups excluding carboxylic acids is 2. The predicted molar refractivity (Wildman–Crippen MR) is 107 cm³/mol. The van der Waals surface area contributed by atoms with Gasteiger partial charge in [-0.05, 0) is 41.8 Å². The summed E-state index contributed by atoms with van der Waals surface area (Å²) < 4.78 is 10.6. The molecule has 0 aliphatic rings. The van der Waals surface area contributed by atoms with Crippen molar-refractivity contribution in [2.75, 3.05) is 20.3 Å². The Balaban J connectivity index is 1.69. The Morgan fingerprint density at radius 1 is 1.04 bits per heavy atom. The summed E-state index contributed by atoms with van der Waals surface area (Å²) in [6.07, 6.45) is 1.94. The van der Waals surface area contributed by atoms with Crippen molar-refractivity contribution in [3.05, 3.63) is 65.7 Å². The van der Waals surface area contributed by atoms with Gasteiger partial charge in [0.1, 0.15) is 18.8 Å². The van der Waals surface area contributed by atoms with Gasteiger partial charge in [0.2, 0.25) is 11.8 Å². The van der Waals surface area contributed by atoms with Crippen LogP contribution in [-0.2, 0) is 20.9 Å². The lowest BCUT2D eigenvalue weighted by atomic mass is 10.2. The lowest BCUT2D eigenvalue weighted by molar-refractivity contribution is -0.129. The largest absolute Gasteiger partial charge is 0.489 e. The van der Waals surface area contributed by atoms with Gasteiger partial charge in [0.05, 0.1) is 6.21 Å². The summed E-state index contributed by atoms with van der Waals surface area (Å²) in [7, 11) is 1.60. The van der Waals surface area contributed by atoms with Gasteiger partial charge < -0.3 is 14.8 Å². The molecule has 28 heavy (non-hydrogen) atoms. The number of nitrogens with zero attached hydrogens (tertiary/aromatic N) is 1. The van der Waals surface area contributed by atoms with Crippen molar-refractivity contribution in [1.29, 1.82) is 0 Å². The summed E-state index contributed by atoms with van der Waals surface area (Å²) in [5.74, 6) is -0.0674. The third-order valence-corrected chi connectivity index (χ3v) is 3.70. The van der Waals surface area contributed by atoms with Gasteiger partial charge in [-0.25, -0.2) is 5.43 Å². The van der Waals surface area contributed by atoms with E-state index in [1.807, 2.05) is 54.6 Å². The third-order valence-electron chi connectivity index (χ3n) is 3.70. The first-order valence-electron chi connectivity index (χ1n) is 9.01. The molecule has 148 valence electrons. The second kappa shape index (κ2) is 12.2. The van der Waals surface area contributed by atoms with Crippen LogP contribution in [-0.4, -0.2) is 38.3 Å². The minimum Gasteiger partial charge on any atom is -0.489 e. The highest BCUT2D eigenvalue weighted by Crippen LogP contribution is 2.13. The highest BCUT2D eigenvalue weighted by Gasteiger charge is 2.07. The molecular formula is C21H25N3O4. The summed E-state index contributed by atoms with van der Waals surface area (Å²) in [5.41, 5.74) is 4.24. The van der Waals surface area contributed by atoms with E-state index >= 15 is 0 Å². The molecule has 0 aliphatic heterocycles. The highest BCUT2D eigenvalue weighted by atomic mass is 16.5. The molecule has 2 aromatic carbocycles. The van der Waals surface area contributed by atoms with Crippen molar-refractivity contribution in [2.45, 2.75) is 19.4 Å². The molecule has 0 saturated heterocycles. The van der Waals surface area contributed by atoms with E-state index in [0.717, 1.165) is 16.9 Å². The standard InChI is InChI=1S/C21H25N3O4/c1-27-13-5-12-22-20(25)14-21(26)24-23-15-17-8-10-19(11-9-17)28-16-18-6-3-2-4-7-18/h2-4,6-11,15H,5,12-14,16H2,1H3,(H,22,25)(H,24,26)/b23-15-. The number of methoxy groups -OCH3 is 1. The topological polar surface area (TPSA) is 89.0 Å². The van der Waals surface area contributed by atoms with Crippen molar-refractivity contribution in [2.24, 2.45) is 5.10 Å². The molecule has 0 aromatic heterocycles. The van der Waals surface area contributed by atoms with Gasteiger partial charge in [0.15, 0.2) is 0 Å². The Morgan fingerprint density at radius 2 is 1.79 bits per heavy atom. The van der Waals surface area contributed by atoms with E-state index in [0.29, 0.717) is 26.2 Å². The van der Waals surface area contributed by atoms with E-state index < -0.39 is 5.91 Å². The fourth-order valence-corrected chi connectivity index (χ4v) is 2.26. The summed E-state index contributed by atoms with van der Waals surface area (Å²) in [4.78, 5) is 23.2. The molecule has 0 atom stereocenters. The van der Waals surface area contributed by atoms with Gasteiger partial charge in [-0.15, -0.1) is 0 Å². The molecule has 0 fully saturated rings. The Hall–Kier alpha value is -3.19. The Kier molecular flexibility index (Phi) is 9.23. The lowest BCUT2D eigenvalue weighted by Gasteiger charge is -2.06. The van der Waals surface area contributed by atoms with Crippen LogP contribution in [0.3, 0.4) is 0 Å². The van der Waals surface area contributed by atoms with Crippen LogP contribution in [0.1, 0.15) is 24.0 Å². The maximum absolute atomic E-state index is 11.7. The van der Waals surface area contributed by atoms with Crippen LogP contribution in [0.15, 0.2) is 59.7 Å². The van der Waals surface area contributed by atoms with E-state index in [-0.39, 0.29) is 12.3 Å². The molecule has 2 N–H and O–H groups in total. The summed E-state index contributed by atoms with van der Waals surface area (Å²) in [5, 5.41) is 6.50. The fraction of sp³-hybridized carbons (Fsp3) is 0.286. The zero-order valence-electron chi connectivity index (χ0n) is 15.9. The first kappa shape index (κ1) is 21.1. The minimum atomic E-state index is -0.469. The van der Waals surface area contributed by atoms with Crippen LogP contribution in [0.5, 0.6) is 5.75 Å². The first-order valence-corrected chi connectivity index (χ1v) is 9.01. The van der Waals surface area contributed by atoms with E-state index in [1.54, 1.807) is 7.11 Å². The van der Waals surface area contributed by atoms with Crippen molar-refractivity contribution < 1.29 is 19.1 Å². The van der Waals surface area contributed by atoms with Gasteiger partial charge in [0.25, 0.3) is 0 Å². The number of ether oxygens (including phenoxy) is 2. The SMILES string of the molecule is COCCCNC(=O)CC(=O)N/N=C\c1ccc(OCc2ccccc2)cc1. The zero-order valence-corrected chi connectivity index (χ0v) is 15.9. The van der Waals surface area contributed by atoms with Crippen molar-refractivity contribution in [3.8, 4) is 5.75 Å². The lowest BCUT2D eigenvalue weighted by Crippen LogP contribution is -2.30. The number of nitrogens with one attached hydrogen (secondary N) is 2. The highest BCUT2D eigenvalue weighted by molar-refractivity contribution is 5.97. The number of hydrazone groups is 1. The van der Waals surface area contributed by atoms with Crippen molar-refractivity contribution in [1.82, 2.24) is 10.7 Å². The Bertz CT molecular complexity index is 761. The van der Waals surface area contributed by atoms with E-state index in [2.05, 4.69) is 15.8 Å². The number of hydrogen-bond donors (Lipinski definition) is 2. The van der Waals surface area contributed by atoms with Gasteiger partial charge in [-0.3, -0.25) is 9.59 Å². The van der Waals surface area contributed by atoms with Crippen LogP contribution in [0, 0.1) is 0 Å². The third kappa shape index (κ3) is 8.46. The van der Waals surface area contributed by atoms with Crippen molar-refractivity contribution >= 4 is 18.0 Å². The molecule has 0 aliphatic carbocycles. The molecule has 2 rings (SSSR count). The molecule has 2 aromatic rings. The molecule has 0 saturated carbocycles. The molecule has 7 nitrogen and oxygen atoms in total. The zero-order chi connectivity index (χ0) is 20.0. The maximum Gasteiger partial charge on any atom is 0.249 e. The number of hydrogen-bond acceptors (Lipinski definition) is 5. The van der Waals surface area contributed by atoms with Gasteiger partial charge in [-0.2, -0.15) is 5.10 Å². The summed E-state index contributed by atoms with van der Waals surface area (Å²) in [6, 6.07) is 17.2. The number of amides is 2. The predicted octanol–water partition coefficient (Wildman–Crippen LogP) is 2.26. The number of benzene rings is 2. The molecule has 0 spiro atoms. The van der Waals surface area contributed by atoms with E-state index in [1.165, 1.54) is 6.21 Å². The number of rotatable bonds is 11. The van der Waals surface area contributed by atoms with Crippen LogP contribution in [0.2, 0.25) is 0 Å². The molecule has 0 bridgehead atoms. The number of carbonyl (C=O) groups is 2. The van der Waals surface area contributed by atoms with Crippen LogP contribution in [0.4, 0.5) is 0 Å². The van der Waals surface area contributed by atoms with Crippen LogP contribution < -0.4 is 15.5 Å². The normalized spacial score (nSPS) is 10.6. The average molecular weight is 383 g/mol. The first-order chi connectivity index (χ1) is 13.7.